The maximum atomic E-state index is 10.5. The van der Waals surface area contributed by atoms with E-state index in [1.54, 1.807) is 0 Å². The smallest absolute Gasteiger partial charge is 0.120 e. The van der Waals surface area contributed by atoms with Crippen molar-refractivity contribution in [3.8, 4) is 5.75 Å². The summed E-state index contributed by atoms with van der Waals surface area (Å²) in [5.41, 5.74) is 2.55. The molecule has 0 saturated carbocycles. The molecule has 0 bridgehead atoms. The van der Waals surface area contributed by atoms with Crippen LogP contribution in [0.4, 0.5) is 0 Å². The highest BCUT2D eigenvalue weighted by molar-refractivity contribution is 5.43. The zero-order chi connectivity index (χ0) is 24.7. The lowest BCUT2D eigenvalue weighted by Gasteiger charge is -2.32. The molecule has 1 aliphatic carbocycles. The van der Waals surface area contributed by atoms with Gasteiger partial charge in [-0.05, 0) is 61.3 Å². The average molecular weight is 457 g/mol. The summed E-state index contributed by atoms with van der Waals surface area (Å²) in [5.74, 6) is 0.934. The van der Waals surface area contributed by atoms with Gasteiger partial charge in [-0.15, -0.1) is 0 Å². The third-order valence-electron chi connectivity index (χ3n) is 8.16. The summed E-state index contributed by atoms with van der Waals surface area (Å²) in [6.07, 6.45) is 12.0. The molecule has 1 aromatic rings. The number of benzene rings is 1. The standard InChI is InChI=1S/C30H48O3/c1-9-29(7,10-2)21-25(31)22-32-26-17-13-23(14-18-26)28(5,6)24-15-19-27(20-16-24)33-30(8,11-3)12-4/h13-17,19-20,25-26,31H,9-12,18,21-22H2,1-8H3. The van der Waals surface area contributed by atoms with Gasteiger partial charge < -0.3 is 14.6 Å². The third-order valence-corrected chi connectivity index (χ3v) is 8.16. The van der Waals surface area contributed by atoms with E-state index in [2.05, 4.69) is 97.9 Å². The van der Waals surface area contributed by atoms with Gasteiger partial charge in [-0.3, -0.25) is 0 Å². The van der Waals surface area contributed by atoms with Crippen molar-refractivity contribution >= 4 is 0 Å². The minimum absolute atomic E-state index is 0.0326. The number of hydrogen-bond acceptors (Lipinski definition) is 3. The fourth-order valence-corrected chi connectivity index (χ4v) is 4.37. The molecule has 1 aliphatic rings. The van der Waals surface area contributed by atoms with Crippen LogP contribution in [0.1, 0.15) is 99.5 Å². The van der Waals surface area contributed by atoms with E-state index in [0.29, 0.717) is 6.61 Å². The summed E-state index contributed by atoms with van der Waals surface area (Å²) in [6, 6.07) is 8.57. The molecule has 186 valence electrons. The maximum absolute atomic E-state index is 10.5. The van der Waals surface area contributed by atoms with Gasteiger partial charge in [0.05, 0.1) is 18.8 Å². The molecule has 1 aromatic carbocycles. The van der Waals surface area contributed by atoms with Crippen molar-refractivity contribution in [3.63, 3.8) is 0 Å². The van der Waals surface area contributed by atoms with Crippen molar-refractivity contribution < 1.29 is 14.6 Å². The van der Waals surface area contributed by atoms with Gasteiger partial charge in [-0.25, -0.2) is 0 Å². The van der Waals surface area contributed by atoms with Crippen LogP contribution in [0.25, 0.3) is 0 Å². The number of allylic oxidation sites excluding steroid dienone is 2. The number of aliphatic hydroxyl groups excluding tert-OH is 1. The number of rotatable bonds is 13. The SMILES string of the molecule is CCC(C)(CC)CC(O)COC1C=CC(C(C)(C)c2ccc(OC(C)(CC)CC)cc2)=CC1. The Morgan fingerprint density at radius 1 is 0.939 bits per heavy atom. The van der Waals surface area contributed by atoms with Crippen LogP contribution in [0.2, 0.25) is 0 Å². The number of hydrogen-bond donors (Lipinski definition) is 1. The average Bonchev–Trinajstić information content (AvgIpc) is 2.83. The van der Waals surface area contributed by atoms with Crippen LogP contribution >= 0.6 is 0 Å². The van der Waals surface area contributed by atoms with Gasteiger partial charge in [0.2, 0.25) is 0 Å². The first kappa shape index (κ1) is 27.7. The minimum Gasteiger partial charge on any atom is -0.488 e. The van der Waals surface area contributed by atoms with E-state index < -0.39 is 6.10 Å². The third kappa shape index (κ3) is 7.45. The molecule has 0 aliphatic heterocycles. The Morgan fingerprint density at radius 2 is 1.55 bits per heavy atom. The molecule has 3 heteroatoms. The predicted octanol–water partition coefficient (Wildman–Crippen LogP) is 7.77. The molecule has 0 saturated heterocycles. The molecule has 0 fully saturated rings. The molecule has 0 heterocycles. The molecule has 0 radical (unpaired) electrons. The van der Waals surface area contributed by atoms with Gasteiger partial charge in [-0.1, -0.05) is 91.7 Å². The van der Waals surface area contributed by atoms with E-state index in [-0.39, 0.29) is 22.5 Å². The molecular formula is C30H48O3. The summed E-state index contributed by atoms with van der Waals surface area (Å²) in [7, 11) is 0. The van der Waals surface area contributed by atoms with Crippen LogP contribution in [0.3, 0.4) is 0 Å². The van der Waals surface area contributed by atoms with Crippen LogP contribution < -0.4 is 4.74 Å². The van der Waals surface area contributed by atoms with Crippen LogP contribution in [0, 0.1) is 5.41 Å². The van der Waals surface area contributed by atoms with Gasteiger partial charge >= 0.3 is 0 Å². The second kappa shape index (κ2) is 11.7. The molecule has 0 aromatic heterocycles. The second-order valence-corrected chi connectivity index (χ2v) is 10.9. The van der Waals surface area contributed by atoms with Crippen molar-refractivity contribution in [2.75, 3.05) is 6.61 Å². The largest absolute Gasteiger partial charge is 0.488 e. The molecule has 33 heavy (non-hydrogen) atoms. The monoisotopic (exact) mass is 456 g/mol. The first-order chi connectivity index (χ1) is 15.5. The fourth-order valence-electron chi connectivity index (χ4n) is 4.37. The molecule has 2 rings (SSSR count). The predicted molar refractivity (Wildman–Crippen MR) is 140 cm³/mol. The van der Waals surface area contributed by atoms with Crippen LogP contribution in [-0.4, -0.2) is 29.5 Å². The maximum Gasteiger partial charge on any atom is 0.120 e. The van der Waals surface area contributed by atoms with Gasteiger partial charge in [0.25, 0.3) is 0 Å². The number of aliphatic hydroxyl groups is 1. The van der Waals surface area contributed by atoms with Crippen molar-refractivity contribution in [2.24, 2.45) is 5.41 Å². The lowest BCUT2D eigenvalue weighted by molar-refractivity contribution is -0.0110. The van der Waals surface area contributed by atoms with E-state index in [0.717, 1.165) is 44.3 Å². The summed E-state index contributed by atoms with van der Waals surface area (Å²) in [4.78, 5) is 0. The van der Waals surface area contributed by atoms with Crippen molar-refractivity contribution in [2.45, 2.75) is 117 Å². The van der Waals surface area contributed by atoms with E-state index in [4.69, 9.17) is 9.47 Å². The summed E-state index contributed by atoms with van der Waals surface area (Å²) in [6.45, 7) is 18.1. The normalized spacial score (nSPS) is 18.2. The molecular weight excluding hydrogens is 408 g/mol. The first-order valence-corrected chi connectivity index (χ1v) is 13.0. The Hall–Kier alpha value is -1.58. The van der Waals surface area contributed by atoms with Crippen molar-refractivity contribution in [1.82, 2.24) is 0 Å². The highest BCUT2D eigenvalue weighted by Gasteiger charge is 2.28. The van der Waals surface area contributed by atoms with Gasteiger partial charge in [0.1, 0.15) is 11.4 Å². The number of ether oxygens (including phenoxy) is 2. The molecule has 2 atom stereocenters. The molecule has 1 N–H and O–H groups in total. The van der Waals surface area contributed by atoms with Crippen LogP contribution in [0.5, 0.6) is 5.75 Å². The Bertz CT molecular complexity index is 779. The van der Waals surface area contributed by atoms with Gasteiger partial charge in [0.15, 0.2) is 0 Å². The Balaban J connectivity index is 1.94. The molecule has 3 nitrogen and oxygen atoms in total. The highest BCUT2D eigenvalue weighted by Crippen LogP contribution is 2.36. The Kier molecular flexibility index (Phi) is 9.82. The Labute approximate surface area is 203 Å². The molecule has 0 amide bonds. The molecule has 2 unspecified atom stereocenters. The van der Waals surface area contributed by atoms with Crippen LogP contribution in [-0.2, 0) is 10.2 Å². The second-order valence-electron chi connectivity index (χ2n) is 10.9. The lowest BCUT2D eigenvalue weighted by Crippen LogP contribution is -2.30. The molecule has 0 spiro atoms. The van der Waals surface area contributed by atoms with E-state index in [1.165, 1.54) is 11.1 Å². The van der Waals surface area contributed by atoms with Crippen molar-refractivity contribution in [1.29, 1.82) is 0 Å². The summed E-state index contributed by atoms with van der Waals surface area (Å²) >= 11 is 0. The summed E-state index contributed by atoms with van der Waals surface area (Å²) < 4.78 is 12.3. The van der Waals surface area contributed by atoms with E-state index in [9.17, 15) is 5.11 Å². The van der Waals surface area contributed by atoms with Crippen molar-refractivity contribution in [3.05, 3.63) is 53.6 Å². The summed E-state index contributed by atoms with van der Waals surface area (Å²) in [5, 5.41) is 10.5. The van der Waals surface area contributed by atoms with Gasteiger partial charge in [-0.2, -0.15) is 0 Å². The van der Waals surface area contributed by atoms with Gasteiger partial charge in [0, 0.05) is 5.41 Å². The zero-order valence-electron chi connectivity index (χ0n) is 22.4. The van der Waals surface area contributed by atoms with Crippen LogP contribution in [0.15, 0.2) is 48.1 Å². The quantitative estimate of drug-likeness (QED) is 0.329. The lowest BCUT2D eigenvalue weighted by atomic mass is 9.75. The fraction of sp³-hybridized carbons (Fsp3) is 0.667. The van der Waals surface area contributed by atoms with E-state index in [1.807, 2.05) is 0 Å². The highest BCUT2D eigenvalue weighted by atomic mass is 16.5. The minimum atomic E-state index is -0.409. The van der Waals surface area contributed by atoms with E-state index >= 15 is 0 Å². The first-order valence-electron chi connectivity index (χ1n) is 13.0. The topological polar surface area (TPSA) is 38.7 Å². The zero-order valence-corrected chi connectivity index (χ0v) is 22.4. The Morgan fingerprint density at radius 3 is 2.03 bits per heavy atom.